The summed E-state index contributed by atoms with van der Waals surface area (Å²) < 4.78 is 10.1. The summed E-state index contributed by atoms with van der Waals surface area (Å²) in [6.07, 6.45) is -0.0894. The second-order valence-corrected chi connectivity index (χ2v) is 3.57. The lowest BCUT2D eigenvalue weighted by molar-refractivity contribution is -0.137. The molecule has 1 aromatic rings. The summed E-state index contributed by atoms with van der Waals surface area (Å²) in [4.78, 5) is 23.5. The minimum Gasteiger partial charge on any atom is -0.481 e. The second-order valence-electron chi connectivity index (χ2n) is 3.57. The van der Waals surface area contributed by atoms with Crippen LogP contribution in [0.3, 0.4) is 0 Å². The molecule has 0 aromatic carbocycles. The number of hydrogen-bond acceptors (Lipinski definition) is 4. The summed E-state index contributed by atoms with van der Waals surface area (Å²) in [7, 11) is 3.06. The molecular weight excluding hydrogens is 226 g/mol. The van der Waals surface area contributed by atoms with E-state index in [1.54, 1.807) is 12.1 Å². The summed E-state index contributed by atoms with van der Waals surface area (Å²) in [5.74, 6) is -0.537. The highest BCUT2D eigenvalue weighted by molar-refractivity contribution is 5.91. The Balaban J connectivity index is 2.58. The number of carbonyl (C=O) groups is 2. The fourth-order valence-corrected chi connectivity index (χ4v) is 1.27. The number of furan rings is 1. The van der Waals surface area contributed by atoms with Crippen LogP contribution in [0, 0.1) is 0 Å². The van der Waals surface area contributed by atoms with Crippen LogP contribution >= 0.6 is 0 Å². The van der Waals surface area contributed by atoms with E-state index in [0.717, 1.165) is 0 Å². The third-order valence-corrected chi connectivity index (χ3v) is 2.17. The van der Waals surface area contributed by atoms with Gasteiger partial charge in [-0.05, 0) is 12.1 Å². The zero-order valence-electron chi connectivity index (χ0n) is 9.80. The molecule has 0 spiro atoms. The van der Waals surface area contributed by atoms with E-state index in [0.29, 0.717) is 12.4 Å². The Hall–Kier alpha value is -1.82. The predicted octanol–water partition coefficient (Wildman–Crippen LogP) is 0.973. The van der Waals surface area contributed by atoms with Crippen molar-refractivity contribution in [3.05, 3.63) is 23.7 Å². The van der Waals surface area contributed by atoms with Crippen molar-refractivity contribution in [2.24, 2.45) is 0 Å². The molecule has 1 heterocycles. The van der Waals surface area contributed by atoms with Gasteiger partial charge in [0.25, 0.3) is 5.91 Å². The Bertz CT molecular complexity index is 398. The minimum atomic E-state index is -0.941. The van der Waals surface area contributed by atoms with Crippen molar-refractivity contribution in [1.29, 1.82) is 0 Å². The molecule has 0 fully saturated rings. The van der Waals surface area contributed by atoms with E-state index >= 15 is 0 Å². The molecule has 0 saturated heterocycles. The molecular formula is C11H15NO5. The molecule has 0 aliphatic rings. The van der Waals surface area contributed by atoms with Crippen LogP contribution in [-0.4, -0.2) is 42.6 Å². The summed E-state index contributed by atoms with van der Waals surface area (Å²) in [6.45, 7) is 0.445. The van der Waals surface area contributed by atoms with Gasteiger partial charge in [0.1, 0.15) is 12.4 Å². The van der Waals surface area contributed by atoms with Gasteiger partial charge in [-0.1, -0.05) is 0 Å². The number of carboxylic acid groups (broad SMARTS) is 1. The first kappa shape index (κ1) is 13.2. The van der Waals surface area contributed by atoms with Crippen molar-refractivity contribution in [1.82, 2.24) is 4.90 Å². The maximum Gasteiger partial charge on any atom is 0.305 e. The van der Waals surface area contributed by atoms with Crippen molar-refractivity contribution in [2.45, 2.75) is 13.0 Å². The van der Waals surface area contributed by atoms with Crippen LogP contribution in [0.1, 0.15) is 22.7 Å². The number of nitrogens with zero attached hydrogens (tertiary/aromatic N) is 1. The van der Waals surface area contributed by atoms with Gasteiger partial charge >= 0.3 is 5.97 Å². The highest BCUT2D eigenvalue weighted by Crippen LogP contribution is 2.11. The molecule has 1 amide bonds. The molecule has 0 unspecified atom stereocenters. The van der Waals surface area contributed by atoms with E-state index in [1.165, 1.54) is 19.1 Å². The molecule has 0 bridgehead atoms. The number of hydrogen-bond donors (Lipinski definition) is 1. The number of aliphatic carboxylic acids is 1. The van der Waals surface area contributed by atoms with Crippen molar-refractivity contribution in [3.8, 4) is 0 Å². The van der Waals surface area contributed by atoms with Gasteiger partial charge in [-0.3, -0.25) is 9.59 Å². The van der Waals surface area contributed by atoms with E-state index in [2.05, 4.69) is 0 Å². The molecule has 0 aliphatic heterocycles. The molecule has 0 saturated carbocycles. The van der Waals surface area contributed by atoms with E-state index in [-0.39, 0.29) is 24.6 Å². The van der Waals surface area contributed by atoms with Crippen LogP contribution in [-0.2, 0) is 16.1 Å². The molecule has 1 aromatic heterocycles. The number of carbonyl (C=O) groups excluding carboxylic acids is 1. The normalized spacial score (nSPS) is 10.2. The van der Waals surface area contributed by atoms with Gasteiger partial charge in [0, 0.05) is 20.7 Å². The predicted molar refractivity (Wildman–Crippen MR) is 58.6 cm³/mol. The fraction of sp³-hybridized carbons (Fsp3) is 0.455. The maximum absolute atomic E-state index is 11.8. The van der Waals surface area contributed by atoms with Crippen molar-refractivity contribution in [3.63, 3.8) is 0 Å². The minimum absolute atomic E-state index is 0.0894. The molecule has 0 atom stereocenters. The van der Waals surface area contributed by atoms with Gasteiger partial charge in [0.2, 0.25) is 0 Å². The van der Waals surface area contributed by atoms with E-state index in [1.807, 2.05) is 0 Å². The molecule has 0 radical (unpaired) electrons. The zero-order valence-corrected chi connectivity index (χ0v) is 9.80. The SMILES string of the molecule is COCc1ccc(C(=O)N(C)CCC(=O)O)o1. The Kier molecular flexibility index (Phi) is 4.71. The first-order valence-electron chi connectivity index (χ1n) is 5.09. The molecule has 0 aliphatic carbocycles. The Morgan fingerprint density at radius 2 is 2.18 bits per heavy atom. The Morgan fingerprint density at radius 3 is 2.76 bits per heavy atom. The lowest BCUT2D eigenvalue weighted by atomic mass is 10.3. The van der Waals surface area contributed by atoms with Gasteiger partial charge in [-0.25, -0.2) is 0 Å². The zero-order chi connectivity index (χ0) is 12.8. The highest BCUT2D eigenvalue weighted by atomic mass is 16.5. The van der Waals surface area contributed by atoms with E-state index in [9.17, 15) is 9.59 Å². The monoisotopic (exact) mass is 241 g/mol. The summed E-state index contributed by atoms with van der Waals surface area (Å²) >= 11 is 0. The molecule has 94 valence electrons. The third kappa shape index (κ3) is 3.92. The first-order valence-corrected chi connectivity index (χ1v) is 5.09. The smallest absolute Gasteiger partial charge is 0.305 e. The fourth-order valence-electron chi connectivity index (χ4n) is 1.27. The van der Waals surface area contributed by atoms with Crippen LogP contribution in [0.2, 0.25) is 0 Å². The maximum atomic E-state index is 11.8. The molecule has 6 nitrogen and oxygen atoms in total. The first-order chi connectivity index (χ1) is 8.04. The summed E-state index contributed by atoms with van der Waals surface area (Å²) in [6, 6.07) is 3.20. The van der Waals surface area contributed by atoms with Crippen molar-refractivity contribution >= 4 is 11.9 Å². The van der Waals surface area contributed by atoms with Crippen molar-refractivity contribution < 1.29 is 23.8 Å². The van der Waals surface area contributed by atoms with E-state index < -0.39 is 5.97 Å². The van der Waals surface area contributed by atoms with Crippen LogP contribution in [0.25, 0.3) is 0 Å². The van der Waals surface area contributed by atoms with Crippen LogP contribution in [0.15, 0.2) is 16.5 Å². The molecule has 1 rings (SSSR count). The van der Waals surface area contributed by atoms with Gasteiger partial charge in [-0.15, -0.1) is 0 Å². The van der Waals surface area contributed by atoms with Gasteiger partial charge in [0.05, 0.1) is 6.42 Å². The number of carboxylic acids is 1. The molecule has 17 heavy (non-hydrogen) atoms. The van der Waals surface area contributed by atoms with E-state index in [4.69, 9.17) is 14.3 Å². The third-order valence-electron chi connectivity index (χ3n) is 2.17. The van der Waals surface area contributed by atoms with Gasteiger partial charge in [0.15, 0.2) is 5.76 Å². The number of amides is 1. The standard InChI is InChI=1S/C11H15NO5/c1-12(6-5-10(13)14)11(15)9-4-3-8(17-9)7-16-2/h3-4H,5-7H2,1-2H3,(H,13,14). The quantitative estimate of drug-likeness (QED) is 0.802. The summed E-state index contributed by atoms with van der Waals surface area (Å²) in [5.41, 5.74) is 0. The number of ether oxygens (including phenoxy) is 1. The number of methoxy groups -OCH3 is 1. The average molecular weight is 241 g/mol. The number of rotatable bonds is 6. The average Bonchev–Trinajstić information content (AvgIpc) is 2.74. The Labute approximate surface area is 98.8 Å². The summed E-state index contributed by atoms with van der Waals surface area (Å²) in [5, 5.41) is 8.51. The Morgan fingerprint density at radius 1 is 1.47 bits per heavy atom. The lowest BCUT2D eigenvalue weighted by Crippen LogP contribution is -2.28. The van der Waals surface area contributed by atoms with Crippen molar-refractivity contribution in [2.75, 3.05) is 20.7 Å². The molecule has 6 heteroatoms. The molecule has 1 N–H and O–H groups in total. The van der Waals surface area contributed by atoms with Crippen LogP contribution < -0.4 is 0 Å². The highest BCUT2D eigenvalue weighted by Gasteiger charge is 2.16. The lowest BCUT2D eigenvalue weighted by Gasteiger charge is -2.13. The topological polar surface area (TPSA) is 80.0 Å². The van der Waals surface area contributed by atoms with Gasteiger partial charge in [-0.2, -0.15) is 0 Å². The van der Waals surface area contributed by atoms with Crippen LogP contribution in [0.4, 0.5) is 0 Å². The van der Waals surface area contributed by atoms with Crippen LogP contribution in [0.5, 0.6) is 0 Å². The second kappa shape index (κ2) is 6.05. The van der Waals surface area contributed by atoms with Gasteiger partial charge < -0.3 is 19.2 Å². The largest absolute Gasteiger partial charge is 0.481 e.